The molecule has 476 valence electrons. The van der Waals surface area contributed by atoms with Gasteiger partial charge in [0, 0.05) is 44.3 Å². The first-order valence-electron chi connectivity index (χ1n) is 34.2. The molecule has 13 nitrogen and oxygen atoms in total. The van der Waals surface area contributed by atoms with E-state index in [-0.39, 0.29) is 37.7 Å². The molecule has 0 aromatic heterocycles. The first-order chi connectivity index (χ1) is 40.5. The van der Waals surface area contributed by atoms with Crippen molar-refractivity contribution in [3.8, 4) is 11.5 Å². The summed E-state index contributed by atoms with van der Waals surface area (Å²) in [6.45, 7) is 7.15. The molecule has 0 amide bonds. The lowest BCUT2D eigenvalue weighted by molar-refractivity contribution is -0.161. The van der Waals surface area contributed by atoms with Crippen LogP contribution in [0.4, 0.5) is 0 Å². The van der Waals surface area contributed by atoms with Crippen molar-refractivity contribution in [3.05, 3.63) is 47.1 Å². The van der Waals surface area contributed by atoms with Gasteiger partial charge in [-0.1, -0.05) is 250 Å². The summed E-state index contributed by atoms with van der Waals surface area (Å²) >= 11 is 0. The Morgan fingerprint density at radius 2 is 1.05 bits per heavy atom. The summed E-state index contributed by atoms with van der Waals surface area (Å²) in [5, 5.41) is 11.1. The number of allylic oxidation sites excluding steroid dienone is 2. The number of phenols is 1. The van der Waals surface area contributed by atoms with Crippen LogP contribution in [-0.4, -0.2) is 84.0 Å². The number of phosphoric ester groups is 1. The van der Waals surface area contributed by atoms with Gasteiger partial charge in [-0.05, 0) is 74.6 Å². The molecule has 2 unspecified atom stereocenters. The van der Waals surface area contributed by atoms with E-state index in [1.807, 2.05) is 6.07 Å². The van der Waals surface area contributed by atoms with Gasteiger partial charge >= 0.3 is 25.7 Å². The average Bonchev–Trinajstić information content (AvgIpc) is 2.09. The number of aromatic hydroxyl groups is 1. The Labute approximate surface area is 504 Å². The molecule has 1 aromatic carbocycles. The SMILES string of the molecule is CCCCCCCC/C=C\CCCCCCCC(=O)OC(COC(=O)CCCCCCCCCCCCCCC)COP(=O)(O)O[C@H]1C=C2CCN3Cc4cc(OC)c(O)cc4[C@H]([C@@H]1OC(=O)CCCCCCCCCCCCCCC)[C@@H]23. The van der Waals surface area contributed by atoms with Crippen LogP contribution in [0, 0.1) is 0 Å². The van der Waals surface area contributed by atoms with Gasteiger partial charge < -0.3 is 28.9 Å². The lowest BCUT2D eigenvalue weighted by Gasteiger charge is -2.46. The lowest BCUT2D eigenvalue weighted by Crippen LogP contribution is -2.52. The zero-order chi connectivity index (χ0) is 59.6. The standard InChI is InChI=1S/C69H118NO12P/c1-5-8-11-14-17-20-23-26-27-30-33-35-38-41-44-47-65(73)80-59(55-78-64(72)46-43-40-37-34-31-28-24-21-18-15-12-9-6-2)56-79-83(75,76)82-63-51-57-49-50-70-54-58-52-62(77-4)61(71)53-60(58)67(68(57)70)69(63)81-66(74)48-45-42-39-36-32-29-25-22-19-16-13-10-7-3/h26-27,51-53,59,63,67-69,71H,5-25,28-50,54-56H2,1-4H3,(H,75,76)/b27-26-/t59?,63-,67-,68+,69+/m0/s1. The number of esters is 3. The van der Waals surface area contributed by atoms with Crippen molar-refractivity contribution in [1.82, 2.24) is 4.90 Å². The smallest absolute Gasteiger partial charge is 0.473 e. The summed E-state index contributed by atoms with van der Waals surface area (Å²) in [6, 6.07) is 3.29. The van der Waals surface area contributed by atoms with Crippen molar-refractivity contribution in [2.45, 2.75) is 334 Å². The van der Waals surface area contributed by atoms with E-state index in [0.717, 1.165) is 100 Å². The van der Waals surface area contributed by atoms with Crippen LogP contribution in [0.2, 0.25) is 0 Å². The van der Waals surface area contributed by atoms with Gasteiger partial charge in [-0.3, -0.25) is 28.3 Å². The second kappa shape index (κ2) is 45.1. The molecular formula is C69H118NO12P. The first-order valence-corrected chi connectivity index (χ1v) is 35.7. The number of phenolic OH excluding ortho intramolecular Hbond substituents is 1. The quantitative estimate of drug-likeness (QED) is 0.0208. The van der Waals surface area contributed by atoms with E-state index in [1.165, 1.54) is 161 Å². The van der Waals surface area contributed by atoms with Gasteiger partial charge in [-0.2, -0.15) is 0 Å². The molecule has 6 atom stereocenters. The Kier molecular flexibility index (Phi) is 39.3. The minimum atomic E-state index is -4.97. The zero-order valence-corrected chi connectivity index (χ0v) is 53.8. The summed E-state index contributed by atoms with van der Waals surface area (Å²) in [5.74, 6) is -1.61. The minimum absolute atomic E-state index is 0.0534. The van der Waals surface area contributed by atoms with Crippen LogP contribution < -0.4 is 4.74 Å². The van der Waals surface area contributed by atoms with Crippen molar-refractivity contribution < 1.29 is 56.9 Å². The molecule has 2 aliphatic heterocycles. The molecule has 1 fully saturated rings. The average molecular weight is 1180 g/mol. The third-order valence-corrected chi connectivity index (χ3v) is 18.3. The van der Waals surface area contributed by atoms with Crippen LogP contribution in [0.1, 0.15) is 314 Å². The van der Waals surface area contributed by atoms with Crippen LogP contribution in [0.5, 0.6) is 11.5 Å². The molecule has 0 saturated carbocycles. The maximum absolute atomic E-state index is 14.2. The molecule has 2 N–H and O–H groups in total. The maximum Gasteiger partial charge on any atom is 0.473 e. The topological polar surface area (TPSA) is 167 Å². The van der Waals surface area contributed by atoms with Crippen LogP contribution >= 0.6 is 7.82 Å². The number of fused-ring (bicyclic) bond motifs is 2. The third kappa shape index (κ3) is 30.8. The summed E-state index contributed by atoms with van der Waals surface area (Å²) in [6.07, 6.45) is 49.8. The van der Waals surface area contributed by atoms with Crippen LogP contribution in [0.3, 0.4) is 0 Å². The molecule has 1 aliphatic carbocycles. The van der Waals surface area contributed by atoms with E-state index in [0.29, 0.717) is 38.0 Å². The van der Waals surface area contributed by atoms with Crippen molar-refractivity contribution in [3.63, 3.8) is 0 Å². The number of carbonyl (C=O) groups is 3. The van der Waals surface area contributed by atoms with E-state index in [4.69, 9.17) is 28.0 Å². The van der Waals surface area contributed by atoms with Crippen LogP contribution in [0.25, 0.3) is 0 Å². The minimum Gasteiger partial charge on any atom is -0.504 e. The van der Waals surface area contributed by atoms with Gasteiger partial charge in [0.15, 0.2) is 17.6 Å². The van der Waals surface area contributed by atoms with E-state index in [1.54, 1.807) is 12.1 Å². The van der Waals surface area contributed by atoms with E-state index in [2.05, 4.69) is 37.8 Å². The highest BCUT2D eigenvalue weighted by Crippen LogP contribution is 2.54. The number of ether oxygens (including phenoxy) is 4. The predicted octanol–water partition coefficient (Wildman–Crippen LogP) is 18.9. The number of benzene rings is 1. The number of hydrogen-bond donors (Lipinski definition) is 2. The van der Waals surface area contributed by atoms with Gasteiger partial charge in [0.25, 0.3) is 0 Å². The normalized spacial score (nSPS) is 18.6. The van der Waals surface area contributed by atoms with Crippen molar-refractivity contribution in [2.24, 2.45) is 0 Å². The van der Waals surface area contributed by atoms with E-state index >= 15 is 0 Å². The molecule has 3 aliphatic rings. The highest BCUT2D eigenvalue weighted by molar-refractivity contribution is 7.47. The molecule has 1 saturated heterocycles. The second-order valence-electron chi connectivity index (χ2n) is 24.6. The lowest BCUT2D eigenvalue weighted by atomic mass is 9.73. The fourth-order valence-corrected chi connectivity index (χ4v) is 13.3. The number of nitrogens with zero attached hydrogens (tertiary/aromatic N) is 1. The number of methoxy groups -OCH3 is 1. The van der Waals surface area contributed by atoms with Gasteiger partial charge in [-0.25, -0.2) is 4.57 Å². The Morgan fingerprint density at radius 1 is 0.602 bits per heavy atom. The summed E-state index contributed by atoms with van der Waals surface area (Å²) < 4.78 is 49.2. The molecule has 2 heterocycles. The zero-order valence-electron chi connectivity index (χ0n) is 52.9. The highest BCUT2D eigenvalue weighted by atomic mass is 31.2. The predicted molar refractivity (Wildman–Crippen MR) is 336 cm³/mol. The second-order valence-corrected chi connectivity index (χ2v) is 26.0. The van der Waals surface area contributed by atoms with Crippen molar-refractivity contribution in [1.29, 1.82) is 0 Å². The Hall–Kier alpha value is -3.22. The van der Waals surface area contributed by atoms with Gasteiger partial charge in [0.05, 0.1) is 13.7 Å². The van der Waals surface area contributed by atoms with E-state index in [9.17, 15) is 28.9 Å². The largest absolute Gasteiger partial charge is 0.504 e. The molecule has 0 bridgehead atoms. The van der Waals surface area contributed by atoms with Crippen molar-refractivity contribution in [2.75, 3.05) is 26.9 Å². The molecule has 83 heavy (non-hydrogen) atoms. The van der Waals surface area contributed by atoms with Gasteiger partial charge in [-0.15, -0.1) is 0 Å². The molecule has 0 spiro atoms. The number of unbranched alkanes of at least 4 members (excludes halogenated alkanes) is 35. The Balaban J connectivity index is 1.34. The van der Waals surface area contributed by atoms with E-state index < -0.39 is 56.6 Å². The Bertz CT molecular complexity index is 2010. The first kappa shape index (κ1) is 72.3. The Morgan fingerprint density at radius 3 is 1.53 bits per heavy atom. The van der Waals surface area contributed by atoms with Crippen molar-refractivity contribution >= 4 is 25.7 Å². The molecular weight excluding hydrogens is 1070 g/mol. The molecule has 14 heteroatoms. The molecule has 1 aromatic rings. The fourth-order valence-electron chi connectivity index (χ4n) is 12.4. The number of phosphoric acid groups is 1. The summed E-state index contributed by atoms with van der Waals surface area (Å²) in [5.41, 5.74) is 2.65. The molecule has 0 radical (unpaired) electrons. The maximum atomic E-state index is 14.2. The van der Waals surface area contributed by atoms with Crippen LogP contribution in [-0.2, 0) is 48.8 Å². The summed E-state index contributed by atoms with van der Waals surface area (Å²) in [4.78, 5) is 54.1. The third-order valence-electron chi connectivity index (χ3n) is 17.3. The monoisotopic (exact) mass is 1180 g/mol. The number of carbonyl (C=O) groups excluding carboxylic acids is 3. The van der Waals surface area contributed by atoms with Gasteiger partial charge in [0.1, 0.15) is 18.8 Å². The highest BCUT2D eigenvalue weighted by Gasteiger charge is 2.53. The van der Waals surface area contributed by atoms with Crippen LogP contribution in [0.15, 0.2) is 35.9 Å². The van der Waals surface area contributed by atoms with Gasteiger partial charge in [0.2, 0.25) is 0 Å². The molecule has 4 rings (SSSR count). The number of rotatable bonds is 53. The fraction of sp³-hybridized carbons (Fsp3) is 0.812. The summed E-state index contributed by atoms with van der Waals surface area (Å²) in [7, 11) is -3.46. The number of hydrogen-bond acceptors (Lipinski definition) is 12.